The largest absolute Gasteiger partial charge is 0.388 e. The third-order valence-corrected chi connectivity index (χ3v) is 3.74. The van der Waals surface area contributed by atoms with Crippen molar-refractivity contribution in [3.63, 3.8) is 0 Å². The Morgan fingerprint density at radius 1 is 1.36 bits per heavy atom. The van der Waals surface area contributed by atoms with E-state index in [-0.39, 0.29) is 5.82 Å². The van der Waals surface area contributed by atoms with Crippen LogP contribution in [0.1, 0.15) is 22.9 Å². The van der Waals surface area contributed by atoms with Crippen molar-refractivity contribution >= 4 is 35.6 Å². The second kappa shape index (κ2) is 9.70. The van der Waals surface area contributed by atoms with Crippen LogP contribution in [0.4, 0.5) is 10.1 Å². The van der Waals surface area contributed by atoms with Crippen molar-refractivity contribution in [2.24, 2.45) is 5.84 Å². The Labute approximate surface area is 133 Å². The summed E-state index contributed by atoms with van der Waals surface area (Å²) in [5, 5.41) is 5.10. The molecule has 0 atom stereocenters. The molecule has 118 valence electrons. The number of benzene rings is 1. The number of aryl methyl sites for hydroxylation is 1. The number of halogens is 1. The van der Waals surface area contributed by atoms with Gasteiger partial charge in [0, 0.05) is 23.2 Å². The van der Waals surface area contributed by atoms with Gasteiger partial charge in [0.1, 0.15) is 5.82 Å². The number of rotatable bonds is 5. The third kappa shape index (κ3) is 5.31. The molecule has 22 heavy (non-hydrogen) atoms. The molecule has 1 aromatic heterocycles. The number of hydrogen-bond donors (Lipinski definition) is 3. The SMILES string of the molecule is CCc1cc(F)cc(NC)c1/C=C/c1cccs1.NNC=O. The zero-order valence-electron chi connectivity index (χ0n) is 12.6. The summed E-state index contributed by atoms with van der Waals surface area (Å²) in [6.07, 6.45) is 5.34. The van der Waals surface area contributed by atoms with E-state index < -0.39 is 0 Å². The fourth-order valence-electron chi connectivity index (χ4n) is 1.92. The van der Waals surface area contributed by atoms with E-state index >= 15 is 0 Å². The molecule has 6 heteroatoms. The van der Waals surface area contributed by atoms with Gasteiger partial charge in [-0.05, 0) is 41.6 Å². The lowest BCUT2D eigenvalue weighted by Crippen LogP contribution is -2.18. The average molecular weight is 321 g/mol. The van der Waals surface area contributed by atoms with E-state index in [4.69, 9.17) is 4.79 Å². The van der Waals surface area contributed by atoms with Crippen LogP contribution in [0.25, 0.3) is 12.2 Å². The number of thiophene rings is 1. The van der Waals surface area contributed by atoms with Crippen LogP contribution in [-0.4, -0.2) is 13.5 Å². The monoisotopic (exact) mass is 321 g/mol. The Morgan fingerprint density at radius 2 is 2.09 bits per heavy atom. The minimum Gasteiger partial charge on any atom is -0.388 e. The molecule has 1 heterocycles. The van der Waals surface area contributed by atoms with Crippen LogP contribution in [0.15, 0.2) is 29.6 Å². The van der Waals surface area contributed by atoms with Crippen LogP contribution in [0.2, 0.25) is 0 Å². The zero-order chi connectivity index (χ0) is 16.4. The molecule has 0 aliphatic carbocycles. The maximum absolute atomic E-state index is 13.4. The number of nitrogens with two attached hydrogens (primary N) is 1. The Hall–Kier alpha value is -2.18. The van der Waals surface area contributed by atoms with Gasteiger partial charge in [-0.25, -0.2) is 10.2 Å². The molecule has 0 saturated carbocycles. The Morgan fingerprint density at radius 3 is 2.59 bits per heavy atom. The number of nitrogens with one attached hydrogen (secondary N) is 2. The molecule has 2 rings (SSSR count). The minimum absolute atomic E-state index is 0.190. The van der Waals surface area contributed by atoms with Crippen LogP contribution in [-0.2, 0) is 11.2 Å². The number of carbonyl (C=O) groups is 1. The first-order chi connectivity index (χ1) is 10.7. The zero-order valence-corrected chi connectivity index (χ0v) is 13.4. The first kappa shape index (κ1) is 17.9. The quantitative estimate of drug-likeness (QED) is 0.343. The summed E-state index contributed by atoms with van der Waals surface area (Å²) in [6.45, 7) is 2.04. The molecular formula is C16H20FN3OS. The lowest BCUT2D eigenvalue weighted by molar-refractivity contribution is -0.109. The molecule has 0 spiro atoms. The van der Waals surface area contributed by atoms with Crippen molar-refractivity contribution in [3.8, 4) is 0 Å². The maximum atomic E-state index is 13.4. The molecule has 2 aromatic rings. The number of hydrogen-bond acceptors (Lipinski definition) is 4. The molecule has 0 fully saturated rings. The van der Waals surface area contributed by atoms with Crippen molar-refractivity contribution in [1.29, 1.82) is 0 Å². The summed E-state index contributed by atoms with van der Waals surface area (Å²) in [6, 6.07) is 7.23. The van der Waals surface area contributed by atoms with Gasteiger partial charge < -0.3 is 5.32 Å². The topological polar surface area (TPSA) is 67.2 Å². The van der Waals surface area contributed by atoms with Gasteiger partial charge in [-0.3, -0.25) is 10.2 Å². The van der Waals surface area contributed by atoms with Crippen molar-refractivity contribution in [1.82, 2.24) is 5.43 Å². The maximum Gasteiger partial charge on any atom is 0.221 e. The highest BCUT2D eigenvalue weighted by Crippen LogP contribution is 2.25. The molecule has 4 nitrogen and oxygen atoms in total. The van der Waals surface area contributed by atoms with Gasteiger partial charge in [0.05, 0.1) is 0 Å². The number of hydrazine groups is 1. The lowest BCUT2D eigenvalue weighted by atomic mass is 10.0. The van der Waals surface area contributed by atoms with Gasteiger partial charge in [-0.2, -0.15) is 0 Å². The van der Waals surface area contributed by atoms with E-state index in [1.165, 1.54) is 10.9 Å². The molecule has 1 aromatic carbocycles. The Balaban J connectivity index is 0.000000541. The molecule has 0 saturated heterocycles. The van der Waals surface area contributed by atoms with Crippen LogP contribution < -0.4 is 16.6 Å². The van der Waals surface area contributed by atoms with E-state index in [0.29, 0.717) is 6.41 Å². The number of anilines is 1. The molecule has 0 bridgehead atoms. The summed E-state index contributed by atoms with van der Waals surface area (Å²) in [5.41, 5.74) is 4.67. The van der Waals surface area contributed by atoms with E-state index in [0.717, 1.165) is 23.2 Å². The predicted molar refractivity (Wildman–Crippen MR) is 92.0 cm³/mol. The Bertz CT molecular complexity index is 587. The summed E-state index contributed by atoms with van der Waals surface area (Å²) < 4.78 is 13.4. The molecule has 0 aliphatic heterocycles. The molecular weight excluding hydrogens is 301 g/mol. The van der Waals surface area contributed by atoms with Crippen LogP contribution in [0, 0.1) is 5.82 Å². The van der Waals surface area contributed by atoms with Crippen LogP contribution in [0.5, 0.6) is 0 Å². The van der Waals surface area contributed by atoms with Crippen molar-refractivity contribution in [3.05, 3.63) is 51.5 Å². The van der Waals surface area contributed by atoms with E-state index in [9.17, 15) is 4.39 Å². The average Bonchev–Trinajstić information content (AvgIpc) is 3.06. The summed E-state index contributed by atoms with van der Waals surface area (Å²) in [4.78, 5) is 10.1. The standard InChI is InChI=1S/C15H16FNS.CH4N2O/c1-3-11-9-12(16)10-15(17-2)14(11)7-6-13-5-4-8-18-13;2-3-1-4/h4-10,17H,3H2,1-2H3;1H,2H2,(H,3,4)/b7-6+;. The van der Waals surface area contributed by atoms with E-state index in [1.807, 2.05) is 25.4 Å². The van der Waals surface area contributed by atoms with Gasteiger partial charge in [-0.15, -0.1) is 11.3 Å². The van der Waals surface area contributed by atoms with E-state index in [1.54, 1.807) is 22.8 Å². The highest BCUT2D eigenvalue weighted by molar-refractivity contribution is 7.10. The minimum atomic E-state index is -0.190. The smallest absolute Gasteiger partial charge is 0.221 e. The third-order valence-electron chi connectivity index (χ3n) is 2.91. The molecule has 0 unspecified atom stereocenters. The lowest BCUT2D eigenvalue weighted by Gasteiger charge is -2.10. The normalized spacial score (nSPS) is 10.0. The molecule has 1 amide bonds. The number of amides is 1. The van der Waals surface area contributed by atoms with E-state index in [2.05, 4.69) is 29.4 Å². The van der Waals surface area contributed by atoms with Crippen molar-refractivity contribution in [2.45, 2.75) is 13.3 Å². The first-order valence-electron chi connectivity index (χ1n) is 6.77. The van der Waals surface area contributed by atoms with Crippen molar-refractivity contribution in [2.75, 3.05) is 12.4 Å². The van der Waals surface area contributed by atoms with Gasteiger partial charge >= 0.3 is 0 Å². The highest BCUT2D eigenvalue weighted by atomic mass is 32.1. The van der Waals surface area contributed by atoms with Crippen LogP contribution in [0.3, 0.4) is 0 Å². The van der Waals surface area contributed by atoms with Gasteiger partial charge in [-0.1, -0.05) is 19.1 Å². The second-order valence-corrected chi connectivity index (χ2v) is 5.24. The molecule has 0 aliphatic rings. The first-order valence-corrected chi connectivity index (χ1v) is 7.65. The summed E-state index contributed by atoms with van der Waals surface area (Å²) in [5.74, 6) is 4.22. The summed E-state index contributed by atoms with van der Waals surface area (Å²) in [7, 11) is 1.82. The Kier molecular flexibility index (Phi) is 7.88. The molecule has 4 N–H and O–H groups in total. The van der Waals surface area contributed by atoms with Gasteiger partial charge in [0.25, 0.3) is 0 Å². The molecule has 0 radical (unpaired) electrons. The van der Waals surface area contributed by atoms with Crippen LogP contribution >= 0.6 is 11.3 Å². The summed E-state index contributed by atoms with van der Waals surface area (Å²) >= 11 is 1.69. The van der Waals surface area contributed by atoms with Gasteiger partial charge in [0.2, 0.25) is 6.41 Å². The predicted octanol–water partition coefficient (Wildman–Crippen LogP) is 3.27. The van der Waals surface area contributed by atoms with Crippen molar-refractivity contribution < 1.29 is 9.18 Å². The van der Waals surface area contributed by atoms with Gasteiger partial charge in [0.15, 0.2) is 0 Å². The number of carbonyl (C=O) groups excluding carboxylic acids is 1. The fourth-order valence-corrected chi connectivity index (χ4v) is 2.54. The highest BCUT2D eigenvalue weighted by Gasteiger charge is 2.06. The second-order valence-electron chi connectivity index (χ2n) is 4.26. The fraction of sp³-hybridized carbons (Fsp3) is 0.188.